The maximum absolute atomic E-state index is 11.9. The fraction of sp³-hybridized carbons (Fsp3) is 0.143. The zero-order chi connectivity index (χ0) is 14.4. The molecular formula is C14H13BrClN3O. The molecule has 0 saturated heterocycles. The number of amides is 1. The molecule has 0 radical (unpaired) electrons. The lowest BCUT2D eigenvalue weighted by Crippen LogP contribution is -2.28. The Hall–Kier alpha value is -1.59. The number of rotatable bonds is 5. The summed E-state index contributed by atoms with van der Waals surface area (Å²) in [6.45, 7) is 1.13. The summed E-state index contributed by atoms with van der Waals surface area (Å²) in [6, 6.07) is 10.8. The van der Waals surface area contributed by atoms with Gasteiger partial charge in [-0.2, -0.15) is 0 Å². The Morgan fingerprint density at radius 1 is 1.25 bits per heavy atom. The summed E-state index contributed by atoms with van der Waals surface area (Å²) in [6.07, 6.45) is 1.63. The zero-order valence-electron chi connectivity index (χ0n) is 10.6. The molecule has 1 aromatic heterocycles. The highest BCUT2D eigenvalue weighted by Crippen LogP contribution is 2.12. The molecule has 1 amide bonds. The molecule has 1 aromatic carbocycles. The molecule has 0 saturated carbocycles. The van der Waals surface area contributed by atoms with Crippen LogP contribution in [0.2, 0.25) is 5.15 Å². The number of aromatic nitrogens is 1. The number of carbonyl (C=O) groups is 1. The molecule has 0 aliphatic rings. The third-order valence-electron chi connectivity index (χ3n) is 2.55. The summed E-state index contributed by atoms with van der Waals surface area (Å²) in [5.74, 6) is -0.0964. The van der Waals surface area contributed by atoms with E-state index < -0.39 is 0 Å². The standard InChI is InChI=1S/C14H13BrClN3O/c15-11-3-1-2-10(8-11)14(20)19-7-6-17-12-4-5-18-13(16)9-12/h1-5,8-9H,6-7H2,(H,17,18)(H,19,20). The van der Waals surface area contributed by atoms with Crippen molar-refractivity contribution in [3.63, 3.8) is 0 Å². The van der Waals surface area contributed by atoms with Gasteiger partial charge in [-0.15, -0.1) is 0 Å². The maximum Gasteiger partial charge on any atom is 0.251 e. The van der Waals surface area contributed by atoms with Crippen LogP contribution >= 0.6 is 27.5 Å². The van der Waals surface area contributed by atoms with Gasteiger partial charge in [0.15, 0.2) is 0 Å². The highest BCUT2D eigenvalue weighted by Gasteiger charge is 2.04. The minimum Gasteiger partial charge on any atom is -0.383 e. The van der Waals surface area contributed by atoms with Crippen LogP contribution in [-0.2, 0) is 0 Å². The molecular weight excluding hydrogens is 342 g/mol. The second-order valence-corrected chi connectivity index (χ2v) is 5.36. The second-order valence-electron chi connectivity index (χ2n) is 4.06. The molecule has 104 valence electrons. The van der Waals surface area contributed by atoms with Crippen LogP contribution in [-0.4, -0.2) is 24.0 Å². The average molecular weight is 355 g/mol. The van der Waals surface area contributed by atoms with Crippen molar-refractivity contribution in [3.05, 3.63) is 57.8 Å². The first-order chi connectivity index (χ1) is 9.65. The molecule has 0 bridgehead atoms. The van der Waals surface area contributed by atoms with Crippen LogP contribution in [0.4, 0.5) is 5.69 Å². The number of benzene rings is 1. The fourth-order valence-corrected chi connectivity index (χ4v) is 2.20. The topological polar surface area (TPSA) is 54.0 Å². The molecule has 4 nitrogen and oxygen atoms in total. The third kappa shape index (κ3) is 4.51. The van der Waals surface area contributed by atoms with Crippen LogP contribution in [0.15, 0.2) is 47.1 Å². The van der Waals surface area contributed by atoms with E-state index in [4.69, 9.17) is 11.6 Å². The lowest BCUT2D eigenvalue weighted by atomic mass is 10.2. The predicted octanol–water partition coefficient (Wildman–Crippen LogP) is 3.34. The Morgan fingerprint density at radius 3 is 2.85 bits per heavy atom. The van der Waals surface area contributed by atoms with E-state index in [0.29, 0.717) is 23.8 Å². The summed E-state index contributed by atoms with van der Waals surface area (Å²) in [7, 11) is 0. The van der Waals surface area contributed by atoms with Gasteiger partial charge >= 0.3 is 0 Å². The van der Waals surface area contributed by atoms with Gasteiger partial charge in [-0.3, -0.25) is 4.79 Å². The van der Waals surface area contributed by atoms with Crippen molar-refractivity contribution in [2.24, 2.45) is 0 Å². The molecule has 0 fully saturated rings. The molecule has 0 aliphatic heterocycles. The van der Waals surface area contributed by atoms with Crippen LogP contribution in [0.5, 0.6) is 0 Å². The first-order valence-electron chi connectivity index (χ1n) is 6.04. The number of nitrogens with one attached hydrogen (secondary N) is 2. The van der Waals surface area contributed by atoms with E-state index in [0.717, 1.165) is 10.2 Å². The summed E-state index contributed by atoms with van der Waals surface area (Å²) in [5.41, 5.74) is 1.51. The number of nitrogens with zero attached hydrogens (tertiary/aromatic N) is 1. The number of hydrogen-bond donors (Lipinski definition) is 2. The number of halogens is 2. The minimum absolute atomic E-state index is 0.0964. The first kappa shape index (κ1) is 14.8. The Morgan fingerprint density at radius 2 is 2.10 bits per heavy atom. The minimum atomic E-state index is -0.0964. The van der Waals surface area contributed by atoms with E-state index in [9.17, 15) is 4.79 Å². The largest absolute Gasteiger partial charge is 0.383 e. The molecule has 1 heterocycles. The molecule has 0 spiro atoms. The van der Waals surface area contributed by atoms with Crippen molar-refractivity contribution in [1.29, 1.82) is 0 Å². The Bertz CT molecular complexity index is 606. The maximum atomic E-state index is 11.9. The van der Waals surface area contributed by atoms with Gasteiger partial charge in [-0.05, 0) is 30.3 Å². The molecule has 2 N–H and O–H groups in total. The fourth-order valence-electron chi connectivity index (χ4n) is 1.63. The van der Waals surface area contributed by atoms with Crippen molar-refractivity contribution in [2.45, 2.75) is 0 Å². The van der Waals surface area contributed by atoms with Gasteiger partial charge in [0.25, 0.3) is 5.91 Å². The van der Waals surface area contributed by atoms with E-state index in [-0.39, 0.29) is 5.91 Å². The lowest BCUT2D eigenvalue weighted by molar-refractivity contribution is 0.0955. The molecule has 20 heavy (non-hydrogen) atoms. The normalized spacial score (nSPS) is 10.1. The highest BCUT2D eigenvalue weighted by molar-refractivity contribution is 9.10. The molecule has 2 rings (SSSR count). The van der Waals surface area contributed by atoms with Crippen LogP contribution in [0.3, 0.4) is 0 Å². The van der Waals surface area contributed by atoms with Crippen molar-refractivity contribution < 1.29 is 4.79 Å². The first-order valence-corrected chi connectivity index (χ1v) is 7.21. The SMILES string of the molecule is O=C(NCCNc1ccnc(Cl)c1)c1cccc(Br)c1. The van der Waals surface area contributed by atoms with Gasteiger partial charge in [0.1, 0.15) is 5.15 Å². The smallest absolute Gasteiger partial charge is 0.251 e. The van der Waals surface area contributed by atoms with Crippen molar-refractivity contribution in [3.8, 4) is 0 Å². The summed E-state index contributed by atoms with van der Waals surface area (Å²) < 4.78 is 0.884. The Balaban J connectivity index is 1.77. The van der Waals surface area contributed by atoms with Gasteiger partial charge in [0.05, 0.1) is 0 Å². The summed E-state index contributed by atoms with van der Waals surface area (Å²) in [4.78, 5) is 15.8. The number of anilines is 1. The van der Waals surface area contributed by atoms with Gasteiger partial charge in [0.2, 0.25) is 0 Å². The van der Waals surface area contributed by atoms with E-state index in [1.807, 2.05) is 18.2 Å². The van der Waals surface area contributed by atoms with Crippen LogP contribution in [0.1, 0.15) is 10.4 Å². The Kier molecular flexibility index (Phi) is 5.38. The molecule has 0 unspecified atom stereocenters. The summed E-state index contributed by atoms with van der Waals surface area (Å²) >= 11 is 9.12. The number of carbonyl (C=O) groups excluding carboxylic acids is 1. The third-order valence-corrected chi connectivity index (χ3v) is 3.25. The van der Waals surface area contributed by atoms with E-state index in [2.05, 4.69) is 31.5 Å². The van der Waals surface area contributed by atoms with E-state index in [1.54, 1.807) is 24.4 Å². The lowest BCUT2D eigenvalue weighted by Gasteiger charge is -2.08. The molecule has 0 atom stereocenters. The van der Waals surface area contributed by atoms with Gasteiger partial charge in [-0.1, -0.05) is 33.6 Å². The van der Waals surface area contributed by atoms with Gasteiger partial charge < -0.3 is 10.6 Å². The van der Waals surface area contributed by atoms with Crippen LogP contribution in [0.25, 0.3) is 0 Å². The van der Waals surface area contributed by atoms with Crippen molar-refractivity contribution in [1.82, 2.24) is 10.3 Å². The highest BCUT2D eigenvalue weighted by atomic mass is 79.9. The monoisotopic (exact) mass is 353 g/mol. The average Bonchev–Trinajstić information content (AvgIpc) is 2.43. The van der Waals surface area contributed by atoms with Crippen molar-refractivity contribution in [2.75, 3.05) is 18.4 Å². The zero-order valence-corrected chi connectivity index (χ0v) is 12.9. The van der Waals surface area contributed by atoms with E-state index in [1.165, 1.54) is 0 Å². The van der Waals surface area contributed by atoms with E-state index >= 15 is 0 Å². The second kappa shape index (κ2) is 7.26. The number of pyridine rings is 1. The predicted molar refractivity (Wildman–Crippen MR) is 84.2 cm³/mol. The molecule has 2 aromatic rings. The van der Waals surface area contributed by atoms with Gasteiger partial charge in [-0.25, -0.2) is 4.98 Å². The van der Waals surface area contributed by atoms with Crippen LogP contribution < -0.4 is 10.6 Å². The summed E-state index contributed by atoms with van der Waals surface area (Å²) in [5, 5.41) is 6.43. The quantitative estimate of drug-likeness (QED) is 0.639. The number of hydrogen-bond acceptors (Lipinski definition) is 3. The van der Waals surface area contributed by atoms with Crippen LogP contribution in [0, 0.1) is 0 Å². The Labute approximate surface area is 130 Å². The van der Waals surface area contributed by atoms with Crippen molar-refractivity contribution >= 4 is 39.1 Å². The van der Waals surface area contributed by atoms with Gasteiger partial charge in [0, 0.05) is 35.0 Å². The molecule has 6 heteroatoms. The molecule has 0 aliphatic carbocycles.